The molecule has 0 amide bonds. The third-order valence-corrected chi connectivity index (χ3v) is 3.14. The molecule has 0 spiro atoms. The van der Waals surface area contributed by atoms with E-state index in [0.717, 1.165) is 31.9 Å². The van der Waals surface area contributed by atoms with Gasteiger partial charge < -0.3 is 20.2 Å². The molecular weight excluding hydrogens is 248 g/mol. The predicted molar refractivity (Wildman–Crippen MR) is 71.2 cm³/mol. The molecule has 1 fully saturated rings. The summed E-state index contributed by atoms with van der Waals surface area (Å²) in [6, 6.07) is 3.05. The molecule has 1 atom stereocenters. The van der Waals surface area contributed by atoms with Crippen molar-refractivity contribution in [1.29, 1.82) is 0 Å². The fourth-order valence-corrected chi connectivity index (χ4v) is 2.02. The van der Waals surface area contributed by atoms with E-state index in [1.807, 2.05) is 0 Å². The molecule has 2 heterocycles. The lowest BCUT2D eigenvalue weighted by atomic mass is 10.2. The van der Waals surface area contributed by atoms with E-state index in [0.29, 0.717) is 6.54 Å². The summed E-state index contributed by atoms with van der Waals surface area (Å²) in [5.41, 5.74) is 0.767. The van der Waals surface area contributed by atoms with Gasteiger partial charge in [-0.3, -0.25) is 4.90 Å². The molecule has 104 valence electrons. The van der Waals surface area contributed by atoms with Crippen LogP contribution < -0.4 is 5.32 Å². The van der Waals surface area contributed by atoms with Crippen LogP contribution in [0, 0.1) is 10.1 Å². The monoisotopic (exact) mass is 266 g/mol. The van der Waals surface area contributed by atoms with Crippen LogP contribution in [-0.4, -0.2) is 53.7 Å². The Morgan fingerprint density at radius 1 is 1.63 bits per heavy atom. The number of rotatable bonds is 5. The lowest BCUT2D eigenvalue weighted by molar-refractivity contribution is -0.389. The van der Waals surface area contributed by atoms with Crippen molar-refractivity contribution < 1.29 is 9.66 Å². The summed E-state index contributed by atoms with van der Waals surface area (Å²) >= 11 is 0. The normalized spacial score (nSPS) is 20.2. The third-order valence-electron chi connectivity index (χ3n) is 3.14. The molecule has 1 N–H and O–H groups in total. The maximum absolute atomic E-state index is 10.5. The highest BCUT2D eigenvalue weighted by Crippen LogP contribution is 2.12. The summed E-state index contributed by atoms with van der Waals surface area (Å²) in [7, 11) is 0. The minimum Gasteiger partial charge on any atom is -0.379 e. The van der Waals surface area contributed by atoms with Crippen molar-refractivity contribution in [2.24, 2.45) is 0 Å². The van der Waals surface area contributed by atoms with Gasteiger partial charge in [0.15, 0.2) is 6.20 Å². The van der Waals surface area contributed by atoms with E-state index >= 15 is 0 Å². The lowest BCUT2D eigenvalue weighted by Crippen LogP contribution is -2.45. The number of nitrogens with zero attached hydrogens (tertiary/aromatic N) is 3. The second kappa shape index (κ2) is 6.44. The number of anilines is 1. The van der Waals surface area contributed by atoms with Crippen LogP contribution in [0.4, 0.5) is 11.5 Å². The summed E-state index contributed by atoms with van der Waals surface area (Å²) in [6.45, 7) is 6.47. The summed E-state index contributed by atoms with van der Waals surface area (Å²) in [5.74, 6) is -0.142. The van der Waals surface area contributed by atoms with E-state index in [9.17, 15) is 10.1 Å². The SMILES string of the molecule is CCN1CCOC(CNc2ccc([N+](=O)[O-])nc2)C1. The van der Waals surface area contributed by atoms with Gasteiger partial charge in [-0.25, -0.2) is 0 Å². The first-order chi connectivity index (χ1) is 9.19. The van der Waals surface area contributed by atoms with Gasteiger partial charge in [0.05, 0.1) is 18.4 Å². The van der Waals surface area contributed by atoms with Crippen LogP contribution in [0.15, 0.2) is 18.3 Å². The number of hydrogen-bond acceptors (Lipinski definition) is 6. The standard InChI is InChI=1S/C12H18N4O3/c1-2-15-5-6-19-11(9-15)8-13-10-3-4-12(14-7-10)16(17)18/h3-4,7,11,13H,2,5-6,8-9H2,1H3. The van der Waals surface area contributed by atoms with E-state index in [4.69, 9.17) is 4.74 Å². The van der Waals surface area contributed by atoms with Gasteiger partial charge in [0, 0.05) is 25.7 Å². The number of aromatic nitrogens is 1. The van der Waals surface area contributed by atoms with Crippen LogP contribution >= 0.6 is 0 Å². The molecule has 0 saturated carbocycles. The highest BCUT2D eigenvalue weighted by atomic mass is 16.6. The first-order valence-electron chi connectivity index (χ1n) is 6.37. The summed E-state index contributed by atoms with van der Waals surface area (Å²) in [4.78, 5) is 16.1. The van der Waals surface area contributed by atoms with E-state index in [-0.39, 0.29) is 11.9 Å². The maximum Gasteiger partial charge on any atom is 0.363 e. The zero-order chi connectivity index (χ0) is 13.7. The van der Waals surface area contributed by atoms with Crippen molar-refractivity contribution in [3.8, 4) is 0 Å². The molecule has 0 radical (unpaired) electrons. The van der Waals surface area contributed by atoms with Crippen LogP contribution in [-0.2, 0) is 4.74 Å². The first kappa shape index (κ1) is 13.7. The quantitative estimate of drug-likeness (QED) is 0.635. The van der Waals surface area contributed by atoms with Crippen LogP contribution in [0.1, 0.15) is 6.92 Å². The number of pyridine rings is 1. The number of nitro groups is 1. The Morgan fingerprint density at radius 3 is 3.11 bits per heavy atom. The van der Waals surface area contributed by atoms with Crippen molar-refractivity contribution in [1.82, 2.24) is 9.88 Å². The van der Waals surface area contributed by atoms with Crippen LogP contribution in [0.5, 0.6) is 0 Å². The maximum atomic E-state index is 10.5. The van der Waals surface area contributed by atoms with Crippen molar-refractivity contribution in [2.75, 3.05) is 38.1 Å². The summed E-state index contributed by atoms with van der Waals surface area (Å²) in [5, 5.41) is 13.7. The first-order valence-corrected chi connectivity index (χ1v) is 6.37. The number of ether oxygens (including phenoxy) is 1. The summed E-state index contributed by atoms with van der Waals surface area (Å²) < 4.78 is 5.66. The molecule has 0 aliphatic carbocycles. The van der Waals surface area contributed by atoms with Gasteiger partial charge in [0.25, 0.3) is 0 Å². The fraction of sp³-hybridized carbons (Fsp3) is 0.583. The molecule has 1 aliphatic heterocycles. The van der Waals surface area contributed by atoms with Gasteiger partial charge in [-0.1, -0.05) is 6.92 Å². The number of nitrogens with one attached hydrogen (secondary N) is 1. The molecule has 1 saturated heterocycles. The Morgan fingerprint density at radius 2 is 2.47 bits per heavy atom. The zero-order valence-corrected chi connectivity index (χ0v) is 10.9. The largest absolute Gasteiger partial charge is 0.379 e. The molecular formula is C12H18N4O3. The molecule has 1 aliphatic rings. The molecule has 0 aromatic carbocycles. The van der Waals surface area contributed by atoms with Crippen molar-refractivity contribution in [3.63, 3.8) is 0 Å². The van der Waals surface area contributed by atoms with Gasteiger partial charge >= 0.3 is 5.82 Å². The smallest absolute Gasteiger partial charge is 0.363 e. The second-order valence-electron chi connectivity index (χ2n) is 4.43. The molecule has 1 aromatic heterocycles. The number of likely N-dealkylation sites (N-methyl/N-ethyl adjacent to an activating group) is 1. The molecule has 19 heavy (non-hydrogen) atoms. The lowest BCUT2D eigenvalue weighted by Gasteiger charge is -2.32. The van der Waals surface area contributed by atoms with Gasteiger partial charge in [0.1, 0.15) is 0 Å². The van der Waals surface area contributed by atoms with E-state index < -0.39 is 4.92 Å². The van der Waals surface area contributed by atoms with E-state index in [2.05, 4.69) is 22.1 Å². The van der Waals surface area contributed by atoms with Crippen LogP contribution in [0.3, 0.4) is 0 Å². The second-order valence-corrected chi connectivity index (χ2v) is 4.43. The Labute approximate surface area is 111 Å². The van der Waals surface area contributed by atoms with Gasteiger partial charge in [-0.05, 0) is 22.5 Å². The molecule has 0 bridgehead atoms. The number of morpholine rings is 1. The Bertz CT molecular complexity index is 423. The average molecular weight is 266 g/mol. The van der Waals surface area contributed by atoms with Gasteiger partial charge in [-0.2, -0.15) is 0 Å². The van der Waals surface area contributed by atoms with E-state index in [1.165, 1.54) is 12.3 Å². The number of hydrogen-bond donors (Lipinski definition) is 1. The molecule has 7 heteroatoms. The highest BCUT2D eigenvalue weighted by Gasteiger charge is 2.19. The Balaban J connectivity index is 1.83. The zero-order valence-electron chi connectivity index (χ0n) is 10.9. The van der Waals surface area contributed by atoms with Crippen molar-refractivity contribution in [3.05, 3.63) is 28.4 Å². The molecule has 7 nitrogen and oxygen atoms in total. The van der Waals surface area contributed by atoms with Crippen LogP contribution in [0.25, 0.3) is 0 Å². The topological polar surface area (TPSA) is 80.5 Å². The van der Waals surface area contributed by atoms with Crippen molar-refractivity contribution in [2.45, 2.75) is 13.0 Å². The fourth-order valence-electron chi connectivity index (χ4n) is 2.02. The van der Waals surface area contributed by atoms with Crippen LogP contribution in [0.2, 0.25) is 0 Å². The Hall–Kier alpha value is -1.73. The Kier molecular flexibility index (Phi) is 4.64. The molecule has 1 unspecified atom stereocenters. The molecule has 1 aromatic rings. The average Bonchev–Trinajstić information content (AvgIpc) is 2.46. The minimum absolute atomic E-state index is 0.142. The summed E-state index contributed by atoms with van der Waals surface area (Å²) in [6.07, 6.45) is 1.61. The predicted octanol–water partition coefficient (Wildman–Crippen LogP) is 1.12. The van der Waals surface area contributed by atoms with Crippen molar-refractivity contribution >= 4 is 11.5 Å². The minimum atomic E-state index is -0.507. The highest BCUT2D eigenvalue weighted by molar-refractivity contribution is 5.43. The van der Waals surface area contributed by atoms with Gasteiger partial charge in [0.2, 0.25) is 0 Å². The van der Waals surface area contributed by atoms with E-state index in [1.54, 1.807) is 6.07 Å². The molecule has 2 rings (SSSR count). The van der Waals surface area contributed by atoms with Gasteiger partial charge in [-0.15, -0.1) is 0 Å². The third kappa shape index (κ3) is 3.87.